The van der Waals surface area contributed by atoms with Crippen LogP contribution < -0.4 is 9.64 Å². The third-order valence-electron chi connectivity index (χ3n) is 4.94. The summed E-state index contributed by atoms with van der Waals surface area (Å²) >= 11 is 0. The fourth-order valence-electron chi connectivity index (χ4n) is 3.38. The molecule has 1 aliphatic rings. The number of ether oxygens (including phenoxy) is 1. The van der Waals surface area contributed by atoms with Crippen LogP contribution in [0.2, 0.25) is 0 Å². The molecule has 2 aromatic rings. The monoisotopic (exact) mass is 385 g/mol. The normalized spacial score (nSPS) is 14.1. The van der Waals surface area contributed by atoms with Crippen LogP contribution in [0.25, 0.3) is 0 Å². The Balaban J connectivity index is 1.56. The summed E-state index contributed by atoms with van der Waals surface area (Å²) in [5.41, 5.74) is 2.76. The lowest BCUT2D eigenvalue weighted by Crippen LogP contribution is -2.51. The second-order valence-corrected chi connectivity index (χ2v) is 7.09. The minimum absolute atomic E-state index is 0.0291. The van der Waals surface area contributed by atoms with Crippen LogP contribution in [-0.2, 0) is 11.8 Å². The Bertz CT molecular complexity index is 855. The van der Waals surface area contributed by atoms with Gasteiger partial charge < -0.3 is 19.4 Å². The number of amides is 2. The number of benzene rings is 1. The summed E-state index contributed by atoms with van der Waals surface area (Å²) in [6.07, 6.45) is 1.60. The van der Waals surface area contributed by atoms with Gasteiger partial charge in [-0.15, -0.1) is 5.10 Å². The van der Waals surface area contributed by atoms with Gasteiger partial charge in [0, 0.05) is 52.2 Å². The van der Waals surface area contributed by atoms with Crippen molar-refractivity contribution in [2.24, 2.45) is 7.05 Å². The molecule has 2 heterocycles. The van der Waals surface area contributed by atoms with E-state index in [2.05, 4.69) is 41.2 Å². The molecule has 0 spiro atoms. The molecule has 8 nitrogen and oxygen atoms in total. The number of aryl methyl sites for hydroxylation is 2. The Hall–Kier alpha value is -3.03. The maximum Gasteiger partial charge on any atom is 0.261 e. The standard InChI is InChI=1S/C20H27N5O3/c1-15-6-5-7-16(12-15)24-8-10-25(11-9-24)18(26)14-22(2)20(27)17-13-23(3)21-19(17)28-4/h5-7,12-13H,8-11,14H2,1-4H3. The van der Waals surface area contributed by atoms with Crippen LogP contribution in [-0.4, -0.2) is 78.3 Å². The van der Waals surface area contributed by atoms with Crippen molar-refractivity contribution in [3.05, 3.63) is 41.6 Å². The summed E-state index contributed by atoms with van der Waals surface area (Å²) in [4.78, 5) is 30.8. The summed E-state index contributed by atoms with van der Waals surface area (Å²) in [7, 11) is 4.81. The van der Waals surface area contributed by atoms with Crippen LogP contribution in [0.4, 0.5) is 5.69 Å². The number of aromatic nitrogens is 2. The van der Waals surface area contributed by atoms with Crippen molar-refractivity contribution >= 4 is 17.5 Å². The number of carbonyl (C=O) groups excluding carboxylic acids is 2. The molecule has 1 fully saturated rings. The van der Waals surface area contributed by atoms with Gasteiger partial charge in [0.05, 0.1) is 13.7 Å². The zero-order valence-electron chi connectivity index (χ0n) is 16.9. The SMILES string of the molecule is COc1nn(C)cc1C(=O)N(C)CC(=O)N1CCN(c2cccc(C)c2)CC1. The molecule has 0 atom stereocenters. The van der Waals surface area contributed by atoms with Crippen molar-refractivity contribution in [3.8, 4) is 5.88 Å². The van der Waals surface area contributed by atoms with Crippen LogP contribution in [0, 0.1) is 6.92 Å². The van der Waals surface area contributed by atoms with E-state index in [1.54, 1.807) is 20.3 Å². The molecule has 2 amide bonds. The Kier molecular flexibility index (Phi) is 5.87. The Labute approximate surface area is 165 Å². The van der Waals surface area contributed by atoms with Crippen LogP contribution in [0.1, 0.15) is 15.9 Å². The Morgan fingerprint density at radius 2 is 1.93 bits per heavy atom. The zero-order chi connectivity index (χ0) is 20.3. The van der Waals surface area contributed by atoms with E-state index in [-0.39, 0.29) is 24.2 Å². The van der Waals surface area contributed by atoms with Crippen molar-refractivity contribution in [2.45, 2.75) is 6.92 Å². The minimum Gasteiger partial charge on any atom is -0.479 e. The van der Waals surface area contributed by atoms with Gasteiger partial charge in [-0.1, -0.05) is 12.1 Å². The Morgan fingerprint density at radius 1 is 1.21 bits per heavy atom. The highest BCUT2D eigenvalue weighted by Crippen LogP contribution is 2.19. The van der Waals surface area contributed by atoms with E-state index < -0.39 is 0 Å². The van der Waals surface area contributed by atoms with Crippen LogP contribution >= 0.6 is 0 Å². The first kappa shape index (κ1) is 19.7. The first-order valence-electron chi connectivity index (χ1n) is 9.31. The molecule has 150 valence electrons. The van der Waals surface area contributed by atoms with E-state index in [0.717, 1.165) is 13.1 Å². The van der Waals surface area contributed by atoms with E-state index in [9.17, 15) is 9.59 Å². The molecule has 1 aromatic carbocycles. The molecule has 1 aliphatic heterocycles. The third kappa shape index (κ3) is 4.27. The number of hydrogen-bond donors (Lipinski definition) is 0. The van der Waals surface area contributed by atoms with Crippen LogP contribution in [0.3, 0.4) is 0 Å². The van der Waals surface area contributed by atoms with E-state index in [1.807, 2.05) is 4.90 Å². The first-order valence-corrected chi connectivity index (χ1v) is 9.31. The predicted molar refractivity (Wildman–Crippen MR) is 107 cm³/mol. The average molecular weight is 385 g/mol. The number of anilines is 1. The minimum atomic E-state index is -0.281. The highest BCUT2D eigenvalue weighted by atomic mass is 16.5. The van der Waals surface area contributed by atoms with Gasteiger partial charge in [0.2, 0.25) is 11.8 Å². The molecule has 1 aromatic heterocycles. The van der Waals surface area contributed by atoms with E-state index >= 15 is 0 Å². The van der Waals surface area contributed by atoms with E-state index in [0.29, 0.717) is 18.7 Å². The zero-order valence-corrected chi connectivity index (χ0v) is 16.9. The fraction of sp³-hybridized carbons (Fsp3) is 0.450. The van der Waals surface area contributed by atoms with Gasteiger partial charge in [0.15, 0.2) is 0 Å². The highest BCUT2D eigenvalue weighted by Gasteiger charge is 2.26. The molecule has 0 bridgehead atoms. The number of likely N-dealkylation sites (N-methyl/N-ethyl adjacent to an activating group) is 1. The molecule has 0 saturated carbocycles. The fourth-order valence-corrected chi connectivity index (χ4v) is 3.38. The smallest absolute Gasteiger partial charge is 0.261 e. The van der Waals surface area contributed by atoms with Crippen molar-refractivity contribution in [3.63, 3.8) is 0 Å². The molecular weight excluding hydrogens is 358 g/mol. The summed E-state index contributed by atoms with van der Waals surface area (Å²) in [5.74, 6) is -0.0714. The lowest BCUT2D eigenvalue weighted by molar-refractivity contribution is -0.131. The third-order valence-corrected chi connectivity index (χ3v) is 4.94. The van der Waals surface area contributed by atoms with Crippen molar-refractivity contribution in [2.75, 3.05) is 51.8 Å². The maximum absolute atomic E-state index is 12.7. The second-order valence-electron chi connectivity index (χ2n) is 7.09. The second kappa shape index (κ2) is 8.33. The highest BCUT2D eigenvalue weighted by molar-refractivity contribution is 5.98. The molecule has 0 aliphatic carbocycles. The van der Waals surface area contributed by atoms with Crippen LogP contribution in [0.5, 0.6) is 5.88 Å². The summed E-state index contributed by atoms with van der Waals surface area (Å²) < 4.78 is 6.66. The molecule has 1 saturated heterocycles. The van der Waals surface area contributed by atoms with Gasteiger partial charge in [-0.2, -0.15) is 0 Å². The summed E-state index contributed by atoms with van der Waals surface area (Å²) in [6, 6.07) is 8.38. The van der Waals surface area contributed by atoms with E-state index in [4.69, 9.17) is 4.74 Å². The van der Waals surface area contributed by atoms with Gasteiger partial charge >= 0.3 is 0 Å². The van der Waals surface area contributed by atoms with Gasteiger partial charge in [0.25, 0.3) is 5.91 Å². The number of hydrogen-bond acceptors (Lipinski definition) is 5. The number of rotatable bonds is 5. The average Bonchev–Trinajstić information content (AvgIpc) is 3.08. The number of carbonyl (C=O) groups is 2. The number of methoxy groups -OCH3 is 1. The predicted octanol–water partition coefficient (Wildman–Crippen LogP) is 1.16. The van der Waals surface area contributed by atoms with E-state index in [1.165, 1.54) is 27.9 Å². The maximum atomic E-state index is 12.7. The molecule has 0 radical (unpaired) electrons. The molecule has 8 heteroatoms. The summed E-state index contributed by atoms with van der Waals surface area (Å²) in [5, 5.41) is 4.09. The summed E-state index contributed by atoms with van der Waals surface area (Å²) in [6.45, 7) is 4.96. The quantitative estimate of drug-likeness (QED) is 0.772. The lowest BCUT2D eigenvalue weighted by atomic mass is 10.2. The number of nitrogens with zero attached hydrogens (tertiary/aromatic N) is 5. The van der Waals surface area contributed by atoms with Crippen LogP contribution in [0.15, 0.2) is 30.5 Å². The largest absolute Gasteiger partial charge is 0.479 e. The Morgan fingerprint density at radius 3 is 2.57 bits per heavy atom. The van der Waals surface area contributed by atoms with Crippen molar-refractivity contribution in [1.29, 1.82) is 0 Å². The molecule has 28 heavy (non-hydrogen) atoms. The van der Waals surface area contributed by atoms with Gasteiger partial charge in [0.1, 0.15) is 5.56 Å². The lowest BCUT2D eigenvalue weighted by Gasteiger charge is -2.36. The number of piperazine rings is 1. The van der Waals surface area contributed by atoms with Gasteiger partial charge in [-0.25, -0.2) is 0 Å². The van der Waals surface area contributed by atoms with Crippen molar-refractivity contribution in [1.82, 2.24) is 19.6 Å². The molecule has 0 N–H and O–H groups in total. The molecule has 0 unspecified atom stereocenters. The van der Waals surface area contributed by atoms with Gasteiger partial charge in [-0.3, -0.25) is 14.3 Å². The first-order chi connectivity index (χ1) is 13.4. The topological polar surface area (TPSA) is 70.9 Å². The molecular formula is C20H27N5O3. The van der Waals surface area contributed by atoms with Crippen molar-refractivity contribution < 1.29 is 14.3 Å². The molecule has 3 rings (SSSR count). The van der Waals surface area contributed by atoms with Gasteiger partial charge in [-0.05, 0) is 24.6 Å².